The van der Waals surface area contributed by atoms with Crippen LogP contribution in [0.5, 0.6) is 0 Å². The van der Waals surface area contributed by atoms with E-state index in [1.807, 2.05) is 10.7 Å². The zero-order valence-electron chi connectivity index (χ0n) is 10.3. The summed E-state index contributed by atoms with van der Waals surface area (Å²) in [6, 6.07) is 0. The molecule has 1 saturated carbocycles. The second-order valence-corrected chi connectivity index (χ2v) is 5.68. The van der Waals surface area contributed by atoms with E-state index in [1.165, 1.54) is 19.3 Å². The van der Waals surface area contributed by atoms with Crippen LogP contribution in [0.4, 0.5) is 13.2 Å². The second-order valence-electron chi connectivity index (χ2n) is 4.74. The maximum Gasteiger partial charge on any atom is 0.471 e. The topological polar surface area (TPSA) is 42.0 Å². The summed E-state index contributed by atoms with van der Waals surface area (Å²) in [4.78, 5) is 15.0. The van der Waals surface area contributed by atoms with Gasteiger partial charge >= 0.3 is 12.1 Å². The second kappa shape index (κ2) is 5.90. The summed E-state index contributed by atoms with van der Waals surface area (Å²) in [7, 11) is 0. The lowest BCUT2D eigenvalue weighted by molar-refractivity contribution is -0.173. The van der Waals surface area contributed by atoms with Gasteiger partial charge in [-0.25, -0.2) is 4.98 Å². The van der Waals surface area contributed by atoms with Gasteiger partial charge in [-0.2, -0.15) is 13.2 Å². The lowest BCUT2D eigenvalue weighted by Gasteiger charge is -2.23. The van der Waals surface area contributed by atoms with Crippen LogP contribution in [0.15, 0.2) is 5.38 Å². The standard InChI is InChI=1S/C12H15F3N2OS/c13-12(14,15)11(18)16-5-4-9-7-19-10(17-9)6-8-2-1-3-8/h7-8H,1-6H2,(H,16,18). The average Bonchev–Trinajstić information content (AvgIpc) is 2.70. The number of nitrogens with one attached hydrogen (secondary N) is 1. The van der Waals surface area contributed by atoms with Crippen molar-refractivity contribution < 1.29 is 18.0 Å². The quantitative estimate of drug-likeness (QED) is 0.906. The monoisotopic (exact) mass is 292 g/mol. The molecule has 1 aromatic heterocycles. The Bertz CT molecular complexity index is 440. The highest BCUT2D eigenvalue weighted by atomic mass is 32.1. The van der Waals surface area contributed by atoms with E-state index in [-0.39, 0.29) is 6.54 Å². The van der Waals surface area contributed by atoms with Gasteiger partial charge in [0.25, 0.3) is 0 Å². The number of hydrogen-bond donors (Lipinski definition) is 1. The molecule has 1 heterocycles. The van der Waals surface area contributed by atoms with Crippen LogP contribution < -0.4 is 5.32 Å². The number of hydrogen-bond acceptors (Lipinski definition) is 3. The lowest BCUT2D eigenvalue weighted by atomic mass is 9.83. The first-order valence-corrected chi connectivity index (χ1v) is 7.11. The fraction of sp³-hybridized carbons (Fsp3) is 0.667. The third-order valence-electron chi connectivity index (χ3n) is 3.21. The van der Waals surface area contributed by atoms with Crippen molar-refractivity contribution in [1.29, 1.82) is 0 Å². The van der Waals surface area contributed by atoms with E-state index < -0.39 is 12.1 Å². The molecule has 1 aromatic rings. The molecule has 0 spiro atoms. The molecule has 1 aliphatic carbocycles. The van der Waals surface area contributed by atoms with Crippen LogP contribution >= 0.6 is 11.3 Å². The zero-order valence-corrected chi connectivity index (χ0v) is 11.1. The van der Waals surface area contributed by atoms with Crippen LogP contribution in [0.1, 0.15) is 30.0 Å². The third-order valence-corrected chi connectivity index (χ3v) is 4.13. The Hall–Kier alpha value is -1.11. The van der Waals surface area contributed by atoms with Gasteiger partial charge < -0.3 is 5.32 Å². The van der Waals surface area contributed by atoms with Gasteiger partial charge in [-0.3, -0.25) is 4.79 Å². The molecule has 0 aromatic carbocycles. The molecule has 7 heteroatoms. The Kier molecular flexibility index (Phi) is 4.44. The van der Waals surface area contributed by atoms with Crippen LogP contribution in [0, 0.1) is 5.92 Å². The molecule has 106 valence electrons. The maximum atomic E-state index is 11.9. The Morgan fingerprint density at radius 1 is 1.47 bits per heavy atom. The number of amides is 1. The minimum Gasteiger partial charge on any atom is -0.348 e. The molecule has 0 atom stereocenters. The first-order valence-electron chi connectivity index (χ1n) is 6.23. The fourth-order valence-corrected chi connectivity index (χ4v) is 2.85. The van der Waals surface area contributed by atoms with Gasteiger partial charge in [-0.1, -0.05) is 19.3 Å². The predicted molar refractivity (Wildman–Crippen MR) is 65.9 cm³/mol. The third kappa shape index (κ3) is 4.19. The van der Waals surface area contributed by atoms with Crippen molar-refractivity contribution in [3.05, 3.63) is 16.1 Å². The number of halogens is 3. The SMILES string of the molecule is O=C(NCCc1csc(CC2CCC2)n1)C(F)(F)F. The van der Waals surface area contributed by atoms with E-state index in [0.717, 1.165) is 23.0 Å². The van der Waals surface area contributed by atoms with Crippen LogP contribution in [0.2, 0.25) is 0 Å². The Morgan fingerprint density at radius 3 is 2.79 bits per heavy atom. The van der Waals surface area contributed by atoms with Crippen LogP contribution in [0.25, 0.3) is 0 Å². The van der Waals surface area contributed by atoms with Crippen molar-refractivity contribution in [3.63, 3.8) is 0 Å². The maximum absolute atomic E-state index is 11.9. The molecule has 2 rings (SSSR count). The van der Waals surface area contributed by atoms with Crippen LogP contribution in [-0.2, 0) is 17.6 Å². The summed E-state index contributed by atoms with van der Waals surface area (Å²) in [5, 5.41) is 4.74. The molecule has 1 amide bonds. The molecule has 3 nitrogen and oxygen atoms in total. The Labute approximate surface area is 113 Å². The number of aromatic nitrogens is 1. The first-order chi connectivity index (χ1) is 8.95. The zero-order chi connectivity index (χ0) is 13.9. The summed E-state index contributed by atoms with van der Waals surface area (Å²) < 4.78 is 35.8. The highest BCUT2D eigenvalue weighted by Crippen LogP contribution is 2.30. The Morgan fingerprint density at radius 2 is 2.21 bits per heavy atom. The molecule has 1 aliphatic rings. The molecule has 19 heavy (non-hydrogen) atoms. The molecular formula is C12H15F3N2OS. The van der Waals surface area contributed by atoms with Crippen molar-refractivity contribution in [3.8, 4) is 0 Å². The molecule has 0 saturated heterocycles. The van der Waals surface area contributed by atoms with Crippen molar-refractivity contribution in [1.82, 2.24) is 10.3 Å². The lowest BCUT2D eigenvalue weighted by Crippen LogP contribution is -2.37. The van der Waals surface area contributed by atoms with Gasteiger partial charge in [0, 0.05) is 24.8 Å². The fourth-order valence-electron chi connectivity index (χ4n) is 1.91. The number of thiazole rings is 1. The highest BCUT2D eigenvalue weighted by molar-refractivity contribution is 7.09. The van der Waals surface area contributed by atoms with Gasteiger partial charge in [-0.05, 0) is 5.92 Å². The van der Waals surface area contributed by atoms with Crippen molar-refractivity contribution in [2.75, 3.05) is 6.54 Å². The van der Waals surface area contributed by atoms with Gasteiger partial charge in [0.2, 0.25) is 0 Å². The predicted octanol–water partition coefficient (Wildman–Crippen LogP) is 2.71. The van der Waals surface area contributed by atoms with Crippen molar-refractivity contribution in [2.24, 2.45) is 5.92 Å². The molecule has 0 aliphatic heterocycles. The summed E-state index contributed by atoms with van der Waals surface area (Å²) in [5.41, 5.74) is 0.752. The molecule has 1 N–H and O–H groups in total. The number of carbonyl (C=O) groups is 1. The van der Waals surface area contributed by atoms with Crippen LogP contribution in [0.3, 0.4) is 0 Å². The minimum atomic E-state index is -4.81. The molecule has 0 bridgehead atoms. The first kappa shape index (κ1) is 14.3. The van der Waals surface area contributed by atoms with Gasteiger partial charge in [-0.15, -0.1) is 11.3 Å². The van der Waals surface area contributed by atoms with E-state index >= 15 is 0 Å². The highest BCUT2D eigenvalue weighted by Gasteiger charge is 2.38. The number of carbonyl (C=O) groups excluding carboxylic acids is 1. The minimum absolute atomic E-state index is 0.0368. The summed E-state index contributed by atoms with van der Waals surface area (Å²) in [6.45, 7) is -0.0368. The largest absolute Gasteiger partial charge is 0.471 e. The Balaban J connectivity index is 1.72. The van der Waals surface area contributed by atoms with E-state index in [9.17, 15) is 18.0 Å². The number of nitrogens with zero attached hydrogens (tertiary/aromatic N) is 1. The molecule has 0 unspecified atom stereocenters. The molecule has 1 fully saturated rings. The van der Waals surface area contributed by atoms with Crippen LogP contribution in [-0.4, -0.2) is 23.6 Å². The van der Waals surface area contributed by atoms with E-state index in [2.05, 4.69) is 4.98 Å². The summed E-state index contributed by atoms with van der Waals surface area (Å²) in [5.74, 6) is -1.17. The molecule has 0 radical (unpaired) electrons. The average molecular weight is 292 g/mol. The normalized spacial score (nSPS) is 16.2. The van der Waals surface area contributed by atoms with E-state index in [4.69, 9.17) is 0 Å². The molecular weight excluding hydrogens is 277 g/mol. The van der Waals surface area contributed by atoms with E-state index in [1.54, 1.807) is 11.3 Å². The van der Waals surface area contributed by atoms with Crippen molar-refractivity contribution in [2.45, 2.75) is 38.3 Å². The number of alkyl halides is 3. The van der Waals surface area contributed by atoms with Crippen molar-refractivity contribution >= 4 is 17.2 Å². The smallest absolute Gasteiger partial charge is 0.348 e. The van der Waals surface area contributed by atoms with E-state index in [0.29, 0.717) is 6.42 Å². The van der Waals surface area contributed by atoms with Gasteiger partial charge in [0.15, 0.2) is 0 Å². The van der Waals surface area contributed by atoms with Gasteiger partial charge in [0.1, 0.15) is 0 Å². The number of rotatable bonds is 5. The van der Waals surface area contributed by atoms with Gasteiger partial charge in [0.05, 0.1) is 10.7 Å². The summed E-state index contributed by atoms with van der Waals surface area (Å²) >= 11 is 1.55. The summed E-state index contributed by atoms with van der Waals surface area (Å²) in [6.07, 6.45) is 0.277.